The van der Waals surface area contributed by atoms with Gasteiger partial charge in [0.2, 0.25) is 5.88 Å². The first kappa shape index (κ1) is 25.5. The van der Waals surface area contributed by atoms with E-state index in [0.717, 1.165) is 57.3 Å². The lowest BCUT2D eigenvalue weighted by molar-refractivity contribution is 0.0195. The van der Waals surface area contributed by atoms with E-state index in [1.165, 1.54) is 0 Å². The van der Waals surface area contributed by atoms with Gasteiger partial charge in [0.05, 0.1) is 19.8 Å². The minimum atomic E-state index is 0. The van der Waals surface area contributed by atoms with Gasteiger partial charge < -0.3 is 24.4 Å². The van der Waals surface area contributed by atoms with Gasteiger partial charge in [0, 0.05) is 58.1 Å². The third-order valence-corrected chi connectivity index (χ3v) is 5.85. The Morgan fingerprint density at radius 1 is 1.15 bits per heavy atom. The zero-order chi connectivity index (χ0) is 22.2. The van der Waals surface area contributed by atoms with Gasteiger partial charge in [0.1, 0.15) is 0 Å². The van der Waals surface area contributed by atoms with Crippen LogP contribution in [0, 0.1) is 0 Å². The number of rotatable bonds is 7. The van der Waals surface area contributed by atoms with Crippen LogP contribution in [0.4, 0.5) is 0 Å². The first-order chi connectivity index (χ1) is 15.8. The summed E-state index contributed by atoms with van der Waals surface area (Å²) in [6.07, 6.45) is 3.00. The first-order valence-corrected chi connectivity index (χ1v) is 11.4. The number of pyridine rings is 1. The number of nitrogens with zero attached hydrogens (tertiary/aromatic N) is 4. The summed E-state index contributed by atoms with van der Waals surface area (Å²) in [7, 11) is 1.84. The summed E-state index contributed by atoms with van der Waals surface area (Å²) in [5, 5.41) is 3.48. The zero-order valence-electron chi connectivity index (χ0n) is 19.4. The predicted octanol–water partition coefficient (Wildman–Crippen LogP) is 3.37. The van der Waals surface area contributed by atoms with Crippen LogP contribution >= 0.6 is 24.0 Å². The molecule has 3 heterocycles. The van der Waals surface area contributed by atoms with Crippen LogP contribution in [0.1, 0.15) is 18.9 Å². The maximum absolute atomic E-state index is 5.91. The highest BCUT2D eigenvalue weighted by Crippen LogP contribution is 2.30. The summed E-state index contributed by atoms with van der Waals surface area (Å²) in [5.74, 6) is 2.86. The number of likely N-dealkylation sites (tertiary alicyclic amines) is 1. The van der Waals surface area contributed by atoms with Gasteiger partial charge in [-0.25, -0.2) is 4.98 Å². The third kappa shape index (κ3) is 6.94. The molecule has 1 atom stereocenters. The highest BCUT2D eigenvalue weighted by molar-refractivity contribution is 14.0. The fourth-order valence-corrected chi connectivity index (χ4v) is 4.19. The molecule has 0 saturated carbocycles. The molecule has 2 aromatic rings. The summed E-state index contributed by atoms with van der Waals surface area (Å²) in [5.41, 5.74) is 1.07. The fraction of sp³-hybridized carbons (Fsp3) is 0.500. The number of nitrogens with one attached hydrogen (secondary N) is 1. The summed E-state index contributed by atoms with van der Waals surface area (Å²) < 4.78 is 17.0. The number of guanidine groups is 1. The van der Waals surface area contributed by atoms with Gasteiger partial charge in [-0.15, -0.1) is 24.0 Å². The van der Waals surface area contributed by atoms with Gasteiger partial charge in [-0.3, -0.25) is 9.89 Å². The Kier molecular flexibility index (Phi) is 10.0. The van der Waals surface area contributed by atoms with Gasteiger partial charge in [0.15, 0.2) is 17.5 Å². The molecule has 2 fully saturated rings. The highest BCUT2D eigenvalue weighted by Gasteiger charge is 2.30. The van der Waals surface area contributed by atoms with Crippen molar-refractivity contribution < 1.29 is 14.2 Å². The van der Waals surface area contributed by atoms with E-state index in [-0.39, 0.29) is 24.0 Å². The van der Waals surface area contributed by atoms with Gasteiger partial charge in [-0.1, -0.05) is 18.2 Å². The average molecular weight is 567 g/mol. The van der Waals surface area contributed by atoms with E-state index in [4.69, 9.17) is 14.2 Å². The fourth-order valence-electron chi connectivity index (χ4n) is 4.19. The molecule has 0 radical (unpaired) electrons. The Balaban J connectivity index is 0.00000306. The molecule has 2 saturated heterocycles. The maximum atomic E-state index is 5.91. The Bertz CT molecular complexity index is 890. The lowest BCUT2D eigenvalue weighted by Gasteiger charge is -2.32. The molecule has 4 rings (SSSR count). The number of aromatic nitrogens is 1. The number of halogens is 1. The van der Waals surface area contributed by atoms with Gasteiger partial charge in [-0.2, -0.15) is 0 Å². The van der Waals surface area contributed by atoms with E-state index in [1.807, 2.05) is 56.6 Å². The van der Waals surface area contributed by atoms with E-state index < -0.39 is 0 Å². The molecule has 2 aliphatic heterocycles. The normalized spacial score (nSPS) is 19.2. The lowest BCUT2D eigenvalue weighted by atomic mass is 10.2. The molecular weight excluding hydrogens is 533 g/mol. The van der Waals surface area contributed by atoms with Crippen molar-refractivity contribution in [3.05, 3.63) is 48.2 Å². The molecule has 33 heavy (non-hydrogen) atoms. The van der Waals surface area contributed by atoms with Gasteiger partial charge in [-0.05, 0) is 31.0 Å². The molecule has 9 heteroatoms. The topological polar surface area (TPSA) is 71.5 Å². The van der Waals surface area contributed by atoms with Crippen LogP contribution in [-0.4, -0.2) is 79.8 Å². The molecule has 180 valence electrons. The quantitative estimate of drug-likeness (QED) is 0.313. The van der Waals surface area contributed by atoms with Crippen LogP contribution in [0.2, 0.25) is 0 Å². The summed E-state index contributed by atoms with van der Waals surface area (Å²) >= 11 is 0. The van der Waals surface area contributed by atoms with Crippen LogP contribution in [0.25, 0.3) is 0 Å². The molecule has 0 spiro atoms. The molecule has 0 amide bonds. The number of hydrogen-bond donors (Lipinski definition) is 1. The molecule has 1 N–H and O–H groups in total. The third-order valence-electron chi connectivity index (χ3n) is 5.85. The predicted molar refractivity (Wildman–Crippen MR) is 140 cm³/mol. The lowest BCUT2D eigenvalue weighted by Crippen LogP contribution is -2.46. The summed E-state index contributed by atoms with van der Waals surface area (Å²) in [4.78, 5) is 13.8. The van der Waals surface area contributed by atoms with Crippen LogP contribution in [0.3, 0.4) is 0 Å². The van der Waals surface area contributed by atoms with Crippen molar-refractivity contribution in [2.75, 3.05) is 53.0 Å². The van der Waals surface area contributed by atoms with E-state index >= 15 is 0 Å². The van der Waals surface area contributed by atoms with E-state index in [2.05, 4.69) is 25.1 Å². The van der Waals surface area contributed by atoms with Crippen molar-refractivity contribution in [1.82, 2.24) is 20.1 Å². The van der Waals surface area contributed by atoms with Crippen LogP contribution < -0.4 is 14.8 Å². The standard InChI is InChI=1S/C24H33N5O3.HI/c1-3-31-21-6-4-5-7-22(21)32-23-9-8-19(16-26-23)17-27-24(25-2)29-11-10-20(18-29)28-12-14-30-15-13-28;/h4-9,16,20H,3,10-15,17-18H2,1-2H3,(H,25,27);1H. The number of benzene rings is 1. The highest BCUT2D eigenvalue weighted by atomic mass is 127. The zero-order valence-corrected chi connectivity index (χ0v) is 21.7. The van der Waals surface area contributed by atoms with Crippen LogP contribution in [0.15, 0.2) is 47.6 Å². The van der Waals surface area contributed by atoms with E-state index in [9.17, 15) is 0 Å². The minimum Gasteiger partial charge on any atom is -0.490 e. The Labute approximate surface area is 213 Å². The first-order valence-electron chi connectivity index (χ1n) is 11.4. The molecule has 8 nitrogen and oxygen atoms in total. The number of para-hydroxylation sites is 2. The van der Waals surface area contributed by atoms with E-state index in [1.54, 1.807) is 0 Å². The van der Waals surface area contributed by atoms with Crippen molar-refractivity contribution in [1.29, 1.82) is 0 Å². The second-order valence-corrected chi connectivity index (χ2v) is 7.92. The summed E-state index contributed by atoms with van der Waals surface area (Å²) in [6, 6.07) is 12.1. The Morgan fingerprint density at radius 3 is 2.64 bits per heavy atom. The molecule has 0 bridgehead atoms. The van der Waals surface area contributed by atoms with Crippen LogP contribution in [-0.2, 0) is 11.3 Å². The number of ether oxygens (including phenoxy) is 3. The van der Waals surface area contributed by atoms with Crippen molar-refractivity contribution >= 4 is 29.9 Å². The van der Waals surface area contributed by atoms with Crippen LogP contribution in [0.5, 0.6) is 17.4 Å². The largest absolute Gasteiger partial charge is 0.490 e. The number of morpholine rings is 1. The minimum absolute atomic E-state index is 0. The number of hydrogen-bond acceptors (Lipinski definition) is 6. The van der Waals surface area contributed by atoms with Crippen molar-refractivity contribution in [2.45, 2.75) is 25.9 Å². The van der Waals surface area contributed by atoms with Crippen molar-refractivity contribution in [2.24, 2.45) is 4.99 Å². The molecule has 0 aliphatic carbocycles. The Morgan fingerprint density at radius 2 is 1.94 bits per heavy atom. The SMILES string of the molecule is CCOc1ccccc1Oc1ccc(CNC(=NC)N2CCC(N3CCOCC3)C2)cn1.I. The monoisotopic (exact) mass is 567 g/mol. The molecule has 1 unspecified atom stereocenters. The maximum Gasteiger partial charge on any atom is 0.219 e. The number of aliphatic imine (C=N–C) groups is 1. The summed E-state index contributed by atoms with van der Waals surface area (Å²) in [6.45, 7) is 8.96. The van der Waals surface area contributed by atoms with Gasteiger partial charge >= 0.3 is 0 Å². The smallest absolute Gasteiger partial charge is 0.219 e. The second-order valence-electron chi connectivity index (χ2n) is 7.92. The molecule has 2 aliphatic rings. The van der Waals surface area contributed by atoms with Gasteiger partial charge in [0.25, 0.3) is 0 Å². The van der Waals surface area contributed by atoms with E-state index in [0.29, 0.717) is 36.6 Å². The molecule has 1 aromatic heterocycles. The van der Waals surface area contributed by atoms with Crippen molar-refractivity contribution in [3.63, 3.8) is 0 Å². The molecular formula is C24H34IN5O3. The Hall–Kier alpha value is -2.11. The van der Waals surface area contributed by atoms with Crippen molar-refractivity contribution in [3.8, 4) is 17.4 Å². The second kappa shape index (κ2) is 13.0. The average Bonchev–Trinajstić information content (AvgIpc) is 3.33. The molecule has 1 aromatic carbocycles.